The van der Waals surface area contributed by atoms with Crippen LogP contribution in [0.2, 0.25) is 0 Å². The third-order valence-electron chi connectivity index (χ3n) is 3.80. The first kappa shape index (κ1) is 13.0. The molecule has 0 aliphatic heterocycles. The van der Waals surface area contributed by atoms with Gasteiger partial charge in [0.25, 0.3) is 0 Å². The fourth-order valence-corrected chi connectivity index (χ4v) is 3.45. The highest BCUT2D eigenvalue weighted by Crippen LogP contribution is 2.40. The zero-order valence-corrected chi connectivity index (χ0v) is 12.0. The fraction of sp³-hybridized carbons (Fsp3) is 0.571. The number of rotatable bonds is 3. The predicted molar refractivity (Wildman–Crippen MR) is 72.6 cm³/mol. The van der Waals surface area contributed by atoms with E-state index in [-0.39, 0.29) is 5.82 Å². The molecule has 0 heterocycles. The second-order valence-corrected chi connectivity index (χ2v) is 6.41. The van der Waals surface area contributed by atoms with E-state index in [1.54, 1.807) is 6.07 Å². The van der Waals surface area contributed by atoms with Crippen molar-refractivity contribution in [2.24, 2.45) is 5.41 Å². The summed E-state index contributed by atoms with van der Waals surface area (Å²) in [5.41, 5.74) is 1.40. The Morgan fingerprint density at radius 3 is 2.82 bits per heavy atom. The standard InChI is InChI=1S/C14H19BrFN/c1-14(4-3-13(9-14)17-2)8-10-5-11(15)7-12(16)6-10/h5-7,13,17H,3-4,8-9H2,1-2H3. The van der Waals surface area contributed by atoms with Crippen molar-refractivity contribution in [1.29, 1.82) is 0 Å². The Morgan fingerprint density at radius 1 is 1.47 bits per heavy atom. The van der Waals surface area contributed by atoms with Gasteiger partial charge in [0, 0.05) is 10.5 Å². The summed E-state index contributed by atoms with van der Waals surface area (Å²) < 4.78 is 14.2. The third kappa shape index (κ3) is 3.29. The van der Waals surface area contributed by atoms with E-state index in [9.17, 15) is 4.39 Å². The van der Waals surface area contributed by atoms with E-state index in [0.29, 0.717) is 11.5 Å². The van der Waals surface area contributed by atoms with Crippen LogP contribution in [-0.4, -0.2) is 13.1 Å². The molecule has 1 aliphatic carbocycles. The summed E-state index contributed by atoms with van der Waals surface area (Å²) in [5.74, 6) is -0.152. The van der Waals surface area contributed by atoms with Gasteiger partial charge in [-0.1, -0.05) is 22.9 Å². The van der Waals surface area contributed by atoms with E-state index >= 15 is 0 Å². The van der Waals surface area contributed by atoms with E-state index in [1.807, 2.05) is 13.1 Å². The molecule has 1 aromatic rings. The zero-order valence-electron chi connectivity index (χ0n) is 10.4. The lowest BCUT2D eigenvalue weighted by molar-refractivity contribution is 0.324. The average molecular weight is 300 g/mol. The summed E-state index contributed by atoms with van der Waals surface area (Å²) >= 11 is 3.35. The van der Waals surface area contributed by atoms with Gasteiger partial charge in [-0.2, -0.15) is 0 Å². The van der Waals surface area contributed by atoms with E-state index in [2.05, 4.69) is 28.2 Å². The molecule has 0 aromatic heterocycles. The molecule has 0 radical (unpaired) electrons. The topological polar surface area (TPSA) is 12.0 Å². The number of nitrogens with one attached hydrogen (secondary N) is 1. The van der Waals surface area contributed by atoms with Crippen molar-refractivity contribution >= 4 is 15.9 Å². The molecular formula is C14H19BrFN. The van der Waals surface area contributed by atoms with Gasteiger partial charge in [0.05, 0.1) is 0 Å². The van der Waals surface area contributed by atoms with Crippen LogP contribution in [0.15, 0.2) is 22.7 Å². The maximum Gasteiger partial charge on any atom is 0.124 e. The van der Waals surface area contributed by atoms with Crippen molar-refractivity contribution in [3.05, 3.63) is 34.1 Å². The molecule has 2 atom stereocenters. The van der Waals surface area contributed by atoms with Crippen LogP contribution in [0.3, 0.4) is 0 Å². The molecule has 0 spiro atoms. The Hall–Kier alpha value is -0.410. The van der Waals surface area contributed by atoms with Crippen LogP contribution < -0.4 is 5.32 Å². The predicted octanol–water partition coefficient (Wildman–Crippen LogP) is 3.91. The Balaban J connectivity index is 2.10. The van der Waals surface area contributed by atoms with Crippen molar-refractivity contribution < 1.29 is 4.39 Å². The number of hydrogen-bond donors (Lipinski definition) is 1. The minimum atomic E-state index is -0.152. The molecule has 0 bridgehead atoms. The van der Waals surface area contributed by atoms with Crippen molar-refractivity contribution in [1.82, 2.24) is 5.32 Å². The summed E-state index contributed by atoms with van der Waals surface area (Å²) in [7, 11) is 2.02. The van der Waals surface area contributed by atoms with Crippen molar-refractivity contribution in [2.45, 2.75) is 38.6 Å². The molecule has 0 saturated heterocycles. The van der Waals surface area contributed by atoms with Gasteiger partial charge in [0.2, 0.25) is 0 Å². The molecular weight excluding hydrogens is 281 g/mol. The first-order valence-electron chi connectivity index (χ1n) is 6.13. The van der Waals surface area contributed by atoms with Gasteiger partial charge in [-0.25, -0.2) is 4.39 Å². The average Bonchev–Trinajstić information content (AvgIpc) is 2.58. The quantitative estimate of drug-likeness (QED) is 0.892. The molecule has 94 valence electrons. The van der Waals surface area contributed by atoms with E-state index in [0.717, 1.165) is 16.5 Å². The Bertz CT molecular complexity index is 387. The largest absolute Gasteiger partial charge is 0.317 e. The number of benzene rings is 1. The van der Waals surface area contributed by atoms with Gasteiger partial charge in [0.1, 0.15) is 5.82 Å². The highest BCUT2D eigenvalue weighted by atomic mass is 79.9. The summed E-state index contributed by atoms with van der Waals surface area (Å²) in [6.07, 6.45) is 4.58. The molecule has 1 nitrogen and oxygen atoms in total. The summed E-state index contributed by atoms with van der Waals surface area (Å²) in [4.78, 5) is 0. The Kier molecular flexibility index (Phi) is 3.88. The zero-order chi connectivity index (χ0) is 12.5. The lowest BCUT2D eigenvalue weighted by Crippen LogP contribution is -2.24. The molecule has 1 aliphatic rings. The van der Waals surface area contributed by atoms with Crippen molar-refractivity contribution in [2.75, 3.05) is 7.05 Å². The molecule has 1 fully saturated rings. The van der Waals surface area contributed by atoms with Crippen LogP contribution in [-0.2, 0) is 6.42 Å². The molecule has 17 heavy (non-hydrogen) atoms. The SMILES string of the molecule is CNC1CCC(C)(Cc2cc(F)cc(Br)c2)C1. The normalized spacial score (nSPS) is 28.6. The van der Waals surface area contributed by atoms with Crippen LogP contribution >= 0.6 is 15.9 Å². The highest BCUT2D eigenvalue weighted by molar-refractivity contribution is 9.10. The van der Waals surface area contributed by atoms with Crippen LogP contribution in [0.25, 0.3) is 0 Å². The van der Waals surface area contributed by atoms with E-state index in [4.69, 9.17) is 0 Å². The molecule has 2 rings (SSSR count). The molecule has 1 aromatic carbocycles. The van der Waals surface area contributed by atoms with E-state index < -0.39 is 0 Å². The maximum absolute atomic E-state index is 13.3. The summed E-state index contributed by atoms with van der Waals surface area (Å²) in [6.45, 7) is 2.31. The van der Waals surface area contributed by atoms with Crippen LogP contribution in [0.4, 0.5) is 4.39 Å². The van der Waals surface area contributed by atoms with Crippen LogP contribution in [0.5, 0.6) is 0 Å². The van der Waals surface area contributed by atoms with Gasteiger partial charge < -0.3 is 5.32 Å². The highest BCUT2D eigenvalue weighted by Gasteiger charge is 2.34. The first-order chi connectivity index (χ1) is 8.00. The fourth-order valence-electron chi connectivity index (χ4n) is 2.93. The Labute approximate surface area is 111 Å². The van der Waals surface area contributed by atoms with Gasteiger partial charge in [-0.05, 0) is 61.9 Å². The molecule has 1 N–H and O–H groups in total. The smallest absolute Gasteiger partial charge is 0.124 e. The third-order valence-corrected chi connectivity index (χ3v) is 4.25. The number of halogens is 2. The van der Waals surface area contributed by atoms with Gasteiger partial charge in [-0.15, -0.1) is 0 Å². The van der Waals surface area contributed by atoms with Gasteiger partial charge in [-0.3, -0.25) is 0 Å². The molecule has 3 heteroatoms. The molecule has 2 unspecified atom stereocenters. The van der Waals surface area contributed by atoms with Crippen LogP contribution in [0.1, 0.15) is 31.7 Å². The maximum atomic E-state index is 13.3. The molecule has 0 amide bonds. The first-order valence-corrected chi connectivity index (χ1v) is 6.92. The minimum Gasteiger partial charge on any atom is -0.317 e. The van der Waals surface area contributed by atoms with Gasteiger partial charge >= 0.3 is 0 Å². The van der Waals surface area contributed by atoms with Crippen molar-refractivity contribution in [3.8, 4) is 0 Å². The summed E-state index contributed by atoms with van der Waals surface area (Å²) in [6, 6.07) is 5.82. The monoisotopic (exact) mass is 299 g/mol. The number of hydrogen-bond acceptors (Lipinski definition) is 1. The lowest BCUT2D eigenvalue weighted by atomic mass is 9.82. The van der Waals surface area contributed by atoms with Gasteiger partial charge in [0.15, 0.2) is 0 Å². The second kappa shape index (κ2) is 5.07. The molecule has 1 saturated carbocycles. The van der Waals surface area contributed by atoms with E-state index in [1.165, 1.54) is 25.3 Å². The second-order valence-electron chi connectivity index (χ2n) is 5.49. The summed E-state index contributed by atoms with van der Waals surface area (Å²) in [5, 5.41) is 3.34. The van der Waals surface area contributed by atoms with Crippen molar-refractivity contribution in [3.63, 3.8) is 0 Å². The lowest BCUT2D eigenvalue weighted by Gasteiger charge is -2.24. The van der Waals surface area contributed by atoms with Crippen LogP contribution in [0, 0.1) is 11.2 Å². The Morgan fingerprint density at radius 2 is 2.24 bits per heavy atom. The minimum absolute atomic E-state index is 0.152.